The number of hydrogen-bond donors (Lipinski definition) is 0. The summed E-state index contributed by atoms with van der Waals surface area (Å²) in [4.78, 5) is 7.42. The smallest absolute Gasteiger partial charge is 0.151 e. The summed E-state index contributed by atoms with van der Waals surface area (Å²) in [6.07, 6.45) is 0. The van der Waals surface area contributed by atoms with Crippen LogP contribution in [0.1, 0.15) is 0 Å². The Morgan fingerprint density at radius 3 is 1.83 bits per heavy atom. The monoisotopic (exact) mass is 188 g/mol. The van der Waals surface area contributed by atoms with Gasteiger partial charge in [0.15, 0.2) is 9.84 Å². The fraction of sp³-hybridized carbons (Fsp3) is 0.714. The van der Waals surface area contributed by atoms with Crippen molar-refractivity contribution in [2.45, 2.75) is 0 Å². The van der Waals surface area contributed by atoms with Crippen LogP contribution in [-0.2, 0) is 9.84 Å². The topological polar surface area (TPSA) is 58.9 Å². The number of hydrogen-bond acceptors (Lipinski definition) is 4. The maximum Gasteiger partial charge on any atom is 0.151 e. The largest absolute Gasteiger partial charge is 0.300 e. The molecule has 1 aliphatic heterocycles. The summed E-state index contributed by atoms with van der Waals surface area (Å²) in [5.74, 6) is 0.357. The van der Waals surface area contributed by atoms with Gasteiger partial charge in [0, 0.05) is 18.5 Å². The molecule has 0 amide bonds. The molecule has 1 saturated heterocycles. The Morgan fingerprint density at radius 1 is 1.17 bits per heavy atom. The van der Waals surface area contributed by atoms with Gasteiger partial charge in [-0.1, -0.05) is 0 Å². The van der Waals surface area contributed by atoms with Crippen molar-refractivity contribution in [2.75, 3.05) is 24.6 Å². The second kappa shape index (κ2) is 2.97. The highest BCUT2D eigenvalue weighted by molar-refractivity contribution is 7.92. The van der Waals surface area contributed by atoms with Gasteiger partial charge in [-0.15, -0.1) is 0 Å². The molecule has 0 aromatic heterocycles. The molecule has 1 heterocycles. The van der Waals surface area contributed by atoms with Crippen molar-refractivity contribution in [1.82, 2.24) is 0 Å². The van der Waals surface area contributed by atoms with Crippen LogP contribution in [0.4, 0.5) is 0 Å². The highest BCUT2D eigenvalue weighted by atomic mass is 32.2. The summed E-state index contributed by atoms with van der Waals surface area (Å²) in [6, 6.07) is 0. The summed E-state index contributed by atoms with van der Waals surface area (Å²) in [7, 11) is -2.81. The molecule has 4 nitrogen and oxygen atoms in total. The Labute approximate surface area is 72.3 Å². The fourth-order valence-corrected chi connectivity index (χ4v) is 3.74. The second-order valence-corrected chi connectivity index (χ2v) is 5.36. The van der Waals surface area contributed by atoms with Crippen molar-refractivity contribution in [3.63, 3.8) is 0 Å². The molecule has 1 rings (SSSR count). The molecule has 0 atom stereocenters. The normalized spacial score (nSPS) is 24.0. The van der Waals surface area contributed by atoms with E-state index in [0.717, 1.165) is 0 Å². The van der Waals surface area contributed by atoms with E-state index in [9.17, 15) is 8.42 Å². The summed E-state index contributed by atoms with van der Waals surface area (Å²) < 4.78 is 21.9. The second-order valence-electron chi connectivity index (χ2n) is 3.30. The van der Waals surface area contributed by atoms with E-state index < -0.39 is 9.84 Å². The summed E-state index contributed by atoms with van der Waals surface area (Å²) >= 11 is 0. The lowest BCUT2D eigenvalue weighted by Crippen LogP contribution is -2.52. The predicted molar refractivity (Wildman–Crippen MR) is 49.9 cm³/mol. The first-order valence-electron chi connectivity index (χ1n) is 3.59. The van der Waals surface area contributed by atoms with Gasteiger partial charge in [0.25, 0.3) is 0 Å². The maximum absolute atomic E-state index is 10.9. The van der Waals surface area contributed by atoms with Crippen molar-refractivity contribution in [1.29, 1.82) is 0 Å². The Bertz CT molecular complexity index is 271. The molecule has 0 aromatic carbocycles. The molecule has 0 radical (unpaired) electrons. The van der Waals surface area contributed by atoms with E-state index >= 15 is 0 Å². The zero-order valence-corrected chi connectivity index (χ0v) is 7.68. The zero-order valence-electron chi connectivity index (χ0n) is 6.86. The maximum atomic E-state index is 10.9. The molecule has 0 aliphatic carbocycles. The van der Waals surface area contributed by atoms with Crippen LogP contribution in [0.15, 0.2) is 9.98 Å². The predicted octanol–water partition coefficient (Wildman–Crippen LogP) is -0.198. The highest BCUT2D eigenvalue weighted by Crippen LogP contribution is 2.33. The lowest BCUT2D eigenvalue weighted by molar-refractivity contribution is 0.358. The van der Waals surface area contributed by atoms with Crippen LogP contribution in [0.5, 0.6) is 0 Å². The number of sulfone groups is 1. The van der Waals surface area contributed by atoms with Gasteiger partial charge in [-0.25, -0.2) is 8.42 Å². The van der Waals surface area contributed by atoms with Gasteiger partial charge in [0.2, 0.25) is 0 Å². The van der Waals surface area contributed by atoms with Crippen molar-refractivity contribution in [2.24, 2.45) is 15.4 Å². The van der Waals surface area contributed by atoms with E-state index in [1.54, 1.807) is 0 Å². The SMILES string of the molecule is C=NCC1(CN=C)CS(=O)(=O)C1. The molecular weight excluding hydrogens is 176 g/mol. The van der Waals surface area contributed by atoms with Gasteiger partial charge in [0.05, 0.1) is 11.5 Å². The Hall–Kier alpha value is -0.710. The minimum absolute atomic E-state index is 0.179. The summed E-state index contributed by atoms with van der Waals surface area (Å²) in [5, 5.41) is 0. The first-order valence-corrected chi connectivity index (χ1v) is 5.41. The van der Waals surface area contributed by atoms with E-state index in [4.69, 9.17) is 0 Å². The lowest BCUT2D eigenvalue weighted by Gasteiger charge is -2.38. The lowest BCUT2D eigenvalue weighted by atomic mass is 9.92. The molecule has 1 fully saturated rings. The summed E-state index contributed by atoms with van der Waals surface area (Å²) in [5.41, 5.74) is -0.289. The Morgan fingerprint density at radius 2 is 1.58 bits per heavy atom. The third-order valence-electron chi connectivity index (χ3n) is 1.95. The molecule has 0 unspecified atom stereocenters. The molecule has 5 heteroatoms. The van der Waals surface area contributed by atoms with Gasteiger partial charge in [-0.05, 0) is 13.4 Å². The van der Waals surface area contributed by atoms with Crippen LogP contribution >= 0.6 is 0 Å². The van der Waals surface area contributed by atoms with Crippen LogP contribution in [0, 0.1) is 5.41 Å². The van der Waals surface area contributed by atoms with Crippen molar-refractivity contribution in [3.05, 3.63) is 0 Å². The number of aliphatic imine (C=N–C) groups is 2. The van der Waals surface area contributed by atoms with Gasteiger partial charge in [-0.2, -0.15) is 0 Å². The molecule has 0 spiro atoms. The molecule has 0 aromatic rings. The number of rotatable bonds is 4. The molecule has 1 aliphatic rings. The van der Waals surface area contributed by atoms with E-state index in [-0.39, 0.29) is 16.9 Å². The van der Waals surface area contributed by atoms with Crippen LogP contribution in [-0.4, -0.2) is 46.4 Å². The van der Waals surface area contributed by atoms with Crippen LogP contribution in [0.2, 0.25) is 0 Å². The van der Waals surface area contributed by atoms with E-state index in [1.807, 2.05) is 0 Å². The zero-order chi connectivity index (χ0) is 9.24. The van der Waals surface area contributed by atoms with E-state index in [1.165, 1.54) is 0 Å². The van der Waals surface area contributed by atoms with Crippen LogP contribution in [0.25, 0.3) is 0 Å². The van der Waals surface area contributed by atoms with Crippen molar-refractivity contribution < 1.29 is 8.42 Å². The Balaban J connectivity index is 2.66. The highest BCUT2D eigenvalue weighted by Gasteiger charge is 2.47. The molecular formula is C7H12N2O2S. The molecule has 0 N–H and O–H groups in total. The van der Waals surface area contributed by atoms with Gasteiger partial charge in [-0.3, -0.25) is 0 Å². The first-order chi connectivity index (χ1) is 5.54. The van der Waals surface area contributed by atoms with Crippen molar-refractivity contribution in [3.8, 4) is 0 Å². The number of nitrogens with zero attached hydrogens (tertiary/aromatic N) is 2. The first kappa shape index (κ1) is 9.38. The molecule has 0 bridgehead atoms. The third kappa shape index (κ3) is 1.72. The quantitative estimate of drug-likeness (QED) is 0.574. The molecule has 68 valence electrons. The standard InChI is InChI=1S/C7H12N2O2S/c1-8-3-7(4-9-2)5-12(10,11)6-7/h1-6H2. The average molecular weight is 188 g/mol. The van der Waals surface area contributed by atoms with Gasteiger partial charge >= 0.3 is 0 Å². The van der Waals surface area contributed by atoms with Gasteiger partial charge < -0.3 is 9.98 Å². The average Bonchev–Trinajstić information content (AvgIpc) is 1.83. The Kier molecular flexibility index (Phi) is 2.32. The third-order valence-corrected chi connectivity index (χ3v) is 4.05. The minimum atomic E-state index is -2.81. The summed E-state index contributed by atoms with van der Waals surface area (Å²) in [6.45, 7) is 7.63. The van der Waals surface area contributed by atoms with Gasteiger partial charge in [0.1, 0.15) is 0 Å². The van der Waals surface area contributed by atoms with E-state index in [2.05, 4.69) is 23.4 Å². The fourth-order valence-electron chi connectivity index (χ4n) is 1.60. The minimum Gasteiger partial charge on any atom is -0.300 e. The molecule has 12 heavy (non-hydrogen) atoms. The van der Waals surface area contributed by atoms with E-state index in [0.29, 0.717) is 13.1 Å². The van der Waals surface area contributed by atoms with Crippen molar-refractivity contribution >= 4 is 23.3 Å². The van der Waals surface area contributed by atoms with Crippen LogP contribution < -0.4 is 0 Å². The molecule has 0 saturated carbocycles. The van der Waals surface area contributed by atoms with Crippen LogP contribution in [0.3, 0.4) is 0 Å².